The van der Waals surface area contributed by atoms with Gasteiger partial charge >= 0.3 is 17.9 Å². The number of nitrogens with two attached hydrogens (primary N) is 3. The standard InChI is InChI=1S/C13H24N4O7/c1-4-7(11(19)22-14)8(12(20)23-15)9(13(21)24-16)10(18)17(5-2)6-3/h7-9H,4-6,14-16H2,1-3H3. The fourth-order valence-corrected chi connectivity index (χ4v) is 2.47. The summed E-state index contributed by atoms with van der Waals surface area (Å²) < 4.78 is 0. The largest absolute Gasteiger partial charge is 0.373 e. The van der Waals surface area contributed by atoms with Crippen LogP contribution < -0.4 is 17.7 Å². The van der Waals surface area contributed by atoms with Crippen molar-refractivity contribution in [1.82, 2.24) is 4.90 Å². The van der Waals surface area contributed by atoms with Crippen molar-refractivity contribution < 1.29 is 33.7 Å². The molecule has 0 heterocycles. The highest BCUT2D eigenvalue weighted by molar-refractivity contribution is 6.02. The molecule has 3 atom stereocenters. The van der Waals surface area contributed by atoms with E-state index in [0.29, 0.717) is 0 Å². The smallest absolute Gasteiger partial charge is 0.337 e. The molecular weight excluding hydrogens is 324 g/mol. The molecule has 0 radical (unpaired) electrons. The molecule has 3 unspecified atom stereocenters. The van der Waals surface area contributed by atoms with Gasteiger partial charge in [0.15, 0.2) is 5.92 Å². The van der Waals surface area contributed by atoms with Crippen LogP contribution in [0.1, 0.15) is 27.2 Å². The maximum atomic E-state index is 12.6. The van der Waals surface area contributed by atoms with Gasteiger partial charge in [-0.15, -0.1) is 0 Å². The zero-order valence-electron chi connectivity index (χ0n) is 13.9. The first-order valence-corrected chi connectivity index (χ1v) is 7.34. The Balaban J connectivity index is 6.09. The van der Waals surface area contributed by atoms with Gasteiger partial charge in [-0.05, 0) is 20.3 Å². The summed E-state index contributed by atoms with van der Waals surface area (Å²) in [4.78, 5) is 62.3. The molecule has 1 amide bonds. The van der Waals surface area contributed by atoms with Crippen molar-refractivity contribution in [3.63, 3.8) is 0 Å². The topological polar surface area (TPSA) is 177 Å². The van der Waals surface area contributed by atoms with E-state index in [1.165, 1.54) is 11.8 Å². The first-order chi connectivity index (χ1) is 11.3. The summed E-state index contributed by atoms with van der Waals surface area (Å²) in [5.41, 5.74) is 0. The van der Waals surface area contributed by atoms with Crippen molar-refractivity contribution in [3.8, 4) is 0 Å². The van der Waals surface area contributed by atoms with Gasteiger partial charge in [-0.1, -0.05) is 6.92 Å². The van der Waals surface area contributed by atoms with Crippen molar-refractivity contribution in [3.05, 3.63) is 0 Å². The number of carbonyl (C=O) groups excluding carboxylic acids is 4. The molecule has 24 heavy (non-hydrogen) atoms. The second-order valence-electron chi connectivity index (χ2n) is 4.84. The molecule has 0 fully saturated rings. The molecular formula is C13H24N4O7. The average Bonchev–Trinajstić information content (AvgIpc) is 2.60. The van der Waals surface area contributed by atoms with Crippen molar-refractivity contribution in [2.24, 2.45) is 35.4 Å². The van der Waals surface area contributed by atoms with Crippen LogP contribution in [0.2, 0.25) is 0 Å². The fourth-order valence-electron chi connectivity index (χ4n) is 2.47. The summed E-state index contributed by atoms with van der Waals surface area (Å²) in [5.74, 6) is 5.92. The highest BCUT2D eigenvalue weighted by Gasteiger charge is 2.49. The Bertz CT molecular complexity index is 467. The number of nitrogens with zero attached hydrogens (tertiary/aromatic N) is 1. The van der Waals surface area contributed by atoms with Crippen LogP contribution in [0.4, 0.5) is 0 Å². The first-order valence-electron chi connectivity index (χ1n) is 7.34. The molecule has 0 aromatic heterocycles. The Kier molecular flexibility index (Phi) is 9.54. The Hall–Kier alpha value is -2.24. The van der Waals surface area contributed by atoms with Gasteiger partial charge in [-0.25, -0.2) is 4.79 Å². The lowest BCUT2D eigenvalue weighted by Crippen LogP contribution is -2.50. The molecule has 0 spiro atoms. The van der Waals surface area contributed by atoms with Crippen molar-refractivity contribution in [2.45, 2.75) is 27.2 Å². The van der Waals surface area contributed by atoms with Gasteiger partial charge in [-0.3, -0.25) is 14.4 Å². The van der Waals surface area contributed by atoms with Gasteiger partial charge < -0.3 is 19.4 Å². The van der Waals surface area contributed by atoms with Crippen LogP contribution in [0, 0.1) is 17.8 Å². The van der Waals surface area contributed by atoms with Gasteiger partial charge in [0.25, 0.3) is 0 Å². The summed E-state index contributed by atoms with van der Waals surface area (Å²) in [5, 5.41) is 0. The third-order valence-electron chi connectivity index (χ3n) is 3.75. The van der Waals surface area contributed by atoms with Gasteiger partial charge in [0.1, 0.15) is 0 Å². The first kappa shape index (κ1) is 21.8. The van der Waals surface area contributed by atoms with Crippen molar-refractivity contribution in [1.29, 1.82) is 0 Å². The lowest BCUT2D eigenvalue weighted by atomic mass is 9.79. The number of hydrogen-bond acceptors (Lipinski definition) is 10. The third-order valence-corrected chi connectivity index (χ3v) is 3.75. The number of rotatable bonds is 9. The maximum Gasteiger partial charge on any atom is 0.337 e. The molecule has 138 valence electrons. The molecule has 0 rings (SSSR count). The lowest BCUT2D eigenvalue weighted by Gasteiger charge is -2.30. The highest BCUT2D eigenvalue weighted by atomic mass is 16.7. The second kappa shape index (κ2) is 10.5. The van der Waals surface area contributed by atoms with E-state index in [2.05, 4.69) is 14.5 Å². The van der Waals surface area contributed by atoms with Crippen molar-refractivity contribution >= 4 is 23.8 Å². The van der Waals surface area contributed by atoms with Crippen LogP contribution in [-0.2, 0) is 33.7 Å². The van der Waals surface area contributed by atoms with Crippen LogP contribution in [0.3, 0.4) is 0 Å². The zero-order chi connectivity index (χ0) is 18.9. The highest BCUT2D eigenvalue weighted by Crippen LogP contribution is 2.29. The van der Waals surface area contributed by atoms with Crippen LogP contribution in [0.5, 0.6) is 0 Å². The quantitative estimate of drug-likeness (QED) is 0.323. The van der Waals surface area contributed by atoms with E-state index < -0.39 is 41.6 Å². The molecule has 6 N–H and O–H groups in total. The predicted octanol–water partition coefficient (Wildman–Crippen LogP) is -1.64. The minimum absolute atomic E-state index is 0.0235. The van der Waals surface area contributed by atoms with Gasteiger partial charge in [0.05, 0.1) is 11.8 Å². The molecule has 0 aromatic rings. The molecule has 0 bridgehead atoms. The Morgan fingerprint density at radius 2 is 1.29 bits per heavy atom. The molecule has 0 saturated heterocycles. The third kappa shape index (κ3) is 4.88. The molecule has 0 aliphatic heterocycles. The second-order valence-corrected chi connectivity index (χ2v) is 4.84. The average molecular weight is 348 g/mol. The van der Waals surface area contributed by atoms with E-state index in [1.807, 2.05) is 0 Å². The molecule has 0 aliphatic carbocycles. The SMILES string of the molecule is CCC(C(=O)ON)C(C(=O)ON)C(C(=O)ON)C(=O)N(CC)CC. The van der Waals surface area contributed by atoms with Gasteiger partial charge in [0.2, 0.25) is 5.91 Å². The number of amides is 1. The lowest BCUT2D eigenvalue weighted by molar-refractivity contribution is -0.174. The van der Waals surface area contributed by atoms with E-state index in [0.717, 1.165) is 0 Å². The summed E-state index contributed by atoms with van der Waals surface area (Å²) in [6.45, 7) is 5.39. The maximum absolute atomic E-state index is 12.6. The van der Waals surface area contributed by atoms with Crippen LogP contribution >= 0.6 is 0 Å². The Morgan fingerprint density at radius 1 is 0.833 bits per heavy atom. The molecule has 0 saturated carbocycles. The van der Waals surface area contributed by atoms with Gasteiger partial charge in [0, 0.05) is 13.1 Å². The molecule has 0 aromatic carbocycles. The van der Waals surface area contributed by atoms with E-state index >= 15 is 0 Å². The van der Waals surface area contributed by atoms with Gasteiger partial charge in [-0.2, -0.15) is 17.7 Å². The van der Waals surface area contributed by atoms with Crippen LogP contribution in [-0.4, -0.2) is 41.8 Å². The van der Waals surface area contributed by atoms with E-state index in [-0.39, 0.29) is 19.5 Å². The monoisotopic (exact) mass is 348 g/mol. The molecule has 0 aliphatic rings. The summed E-state index contributed by atoms with van der Waals surface area (Å²) in [6, 6.07) is 0. The van der Waals surface area contributed by atoms with E-state index in [1.54, 1.807) is 13.8 Å². The Morgan fingerprint density at radius 3 is 1.62 bits per heavy atom. The Labute approximate surface area is 139 Å². The van der Waals surface area contributed by atoms with E-state index in [4.69, 9.17) is 17.7 Å². The summed E-state index contributed by atoms with van der Waals surface area (Å²) in [7, 11) is 0. The zero-order valence-corrected chi connectivity index (χ0v) is 13.9. The number of carbonyl (C=O) groups is 4. The number of hydrogen-bond donors (Lipinski definition) is 3. The summed E-state index contributed by atoms with van der Waals surface area (Å²) in [6.07, 6.45) is 0.0235. The normalized spacial score (nSPS) is 14.1. The minimum atomic E-state index is -1.73. The van der Waals surface area contributed by atoms with Crippen molar-refractivity contribution in [2.75, 3.05) is 13.1 Å². The molecule has 11 heteroatoms. The van der Waals surface area contributed by atoms with E-state index in [9.17, 15) is 19.2 Å². The molecule has 11 nitrogen and oxygen atoms in total. The van der Waals surface area contributed by atoms with Crippen LogP contribution in [0.15, 0.2) is 0 Å². The minimum Gasteiger partial charge on any atom is -0.373 e. The predicted molar refractivity (Wildman–Crippen MR) is 79.5 cm³/mol. The fraction of sp³-hybridized carbons (Fsp3) is 0.692. The summed E-state index contributed by atoms with van der Waals surface area (Å²) >= 11 is 0. The van der Waals surface area contributed by atoms with Crippen LogP contribution in [0.25, 0.3) is 0 Å².